The molecule has 644 valence electrons. The van der Waals surface area contributed by atoms with Crippen molar-refractivity contribution in [3.63, 3.8) is 0 Å². The van der Waals surface area contributed by atoms with Gasteiger partial charge in [-0.05, 0) is 244 Å². The minimum atomic E-state index is 0.614. The number of aromatic nitrogens is 4. The number of nitrogens with zero attached hydrogens (tertiary/aromatic N) is 6. The molecule has 0 aliphatic rings. The van der Waals surface area contributed by atoms with Crippen molar-refractivity contribution >= 4 is 141 Å². The molecular formula is C132H80N6O. The van der Waals surface area contributed by atoms with Gasteiger partial charge in [-0.25, -0.2) is 19.9 Å². The number of benzene rings is 23. The van der Waals surface area contributed by atoms with Crippen LogP contribution in [0.25, 0.3) is 264 Å². The summed E-state index contributed by atoms with van der Waals surface area (Å²) in [5, 5.41) is 43.8. The third kappa shape index (κ3) is 14.9. The molecule has 7 heteroatoms. The summed E-state index contributed by atoms with van der Waals surface area (Å²) in [4.78, 5) is 20.9. The van der Waals surface area contributed by atoms with Crippen molar-refractivity contribution in [2.75, 3.05) is 0 Å². The SMILES string of the molecule is N#Cc1ccc(-c2ccc(-c3cc(-c4cccc5ccccc45)c4cc(-c5cccc6ccccc56)c5ccccc5c4n3)cc2)cc1.N#Cc1cccc(-c2cc(-c3cccc4ccccc34)c3cc(-c4cccc5ccccc45)c4ccccc4c3n2)c1.c1ccc2c(-c3cc4c(-c5cccc6ccccc56)cc(-c5ccc(-c6nc7ccccc7o6)cc5)nc4c4ccccc34)cccc2c1. The van der Waals surface area contributed by atoms with E-state index in [0.717, 1.165) is 133 Å². The van der Waals surface area contributed by atoms with E-state index in [4.69, 9.17) is 24.4 Å². The van der Waals surface area contributed by atoms with Crippen molar-refractivity contribution in [3.8, 4) is 135 Å². The highest BCUT2D eigenvalue weighted by atomic mass is 16.3. The molecule has 0 bridgehead atoms. The zero-order valence-electron chi connectivity index (χ0n) is 75.3. The molecule has 0 radical (unpaired) electrons. The van der Waals surface area contributed by atoms with Crippen molar-refractivity contribution in [1.82, 2.24) is 19.9 Å². The third-order valence-electron chi connectivity index (χ3n) is 27.5. The van der Waals surface area contributed by atoms with Gasteiger partial charge in [0, 0.05) is 54.6 Å². The Morgan fingerprint density at radius 2 is 0.424 bits per heavy atom. The number of fused-ring (bicyclic) bond motifs is 16. The van der Waals surface area contributed by atoms with Gasteiger partial charge in [0.05, 0.1) is 56.9 Å². The number of rotatable bonds is 11. The molecule has 7 nitrogen and oxygen atoms in total. The maximum absolute atomic E-state index is 9.62. The lowest BCUT2D eigenvalue weighted by Gasteiger charge is -2.17. The minimum absolute atomic E-state index is 0.614. The molecule has 0 spiro atoms. The lowest BCUT2D eigenvalue weighted by molar-refractivity contribution is 0.620. The molecule has 0 N–H and O–H groups in total. The Hall–Kier alpha value is -18.9. The number of hydrogen-bond acceptors (Lipinski definition) is 7. The maximum atomic E-state index is 9.62. The van der Waals surface area contributed by atoms with Crippen molar-refractivity contribution in [2.24, 2.45) is 0 Å². The van der Waals surface area contributed by atoms with Crippen molar-refractivity contribution in [3.05, 3.63) is 496 Å². The smallest absolute Gasteiger partial charge is 0.227 e. The molecule has 0 aliphatic carbocycles. The fraction of sp³-hybridized carbons (Fsp3) is 0. The zero-order chi connectivity index (χ0) is 92.4. The van der Waals surface area contributed by atoms with Crippen molar-refractivity contribution in [2.45, 2.75) is 0 Å². The van der Waals surface area contributed by atoms with Gasteiger partial charge in [0.25, 0.3) is 0 Å². The van der Waals surface area contributed by atoms with Crippen LogP contribution in [0, 0.1) is 22.7 Å². The van der Waals surface area contributed by atoms with Gasteiger partial charge in [-0.15, -0.1) is 0 Å². The quantitative estimate of drug-likeness (QED) is 0.119. The summed E-state index contributed by atoms with van der Waals surface area (Å²) in [6.07, 6.45) is 0. The van der Waals surface area contributed by atoms with Crippen LogP contribution in [-0.2, 0) is 0 Å². The van der Waals surface area contributed by atoms with Crippen LogP contribution in [0.1, 0.15) is 11.1 Å². The van der Waals surface area contributed by atoms with Crippen LogP contribution in [0.3, 0.4) is 0 Å². The Morgan fingerprint density at radius 3 is 0.755 bits per heavy atom. The van der Waals surface area contributed by atoms with Crippen molar-refractivity contribution < 1.29 is 4.42 Å². The van der Waals surface area contributed by atoms with Gasteiger partial charge in [-0.3, -0.25) is 0 Å². The Balaban J connectivity index is 0.000000111. The van der Waals surface area contributed by atoms with Crippen LogP contribution in [0.2, 0.25) is 0 Å². The molecule has 0 saturated heterocycles. The summed E-state index contributed by atoms with van der Waals surface area (Å²) >= 11 is 0. The van der Waals surface area contributed by atoms with E-state index >= 15 is 0 Å². The first-order valence-corrected chi connectivity index (χ1v) is 46.9. The topological polar surface area (TPSA) is 112 Å². The van der Waals surface area contributed by atoms with E-state index in [1.165, 1.54) is 125 Å². The summed E-state index contributed by atoms with van der Waals surface area (Å²) < 4.78 is 6.07. The lowest BCUT2D eigenvalue weighted by Crippen LogP contribution is -1.94. The molecule has 4 aromatic heterocycles. The molecule has 4 heterocycles. The summed E-state index contributed by atoms with van der Waals surface area (Å²) in [5.41, 5.74) is 28.9. The van der Waals surface area contributed by atoms with Crippen LogP contribution >= 0.6 is 0 Å². The second-order valence-corrected chi connectivity index (χ2v) is 35.4. The number of para-hydroxylation sites is 2. The highest BCUT2D eigenvalue weighted by Gasteiger charge is 2.25. The van der Waals surface area contributed by atoms with Gasteiger partial charge in [-0.1, -0.05) is 400 Å². The van der Waals surface area contributed by atoms with Gasteiger partial charge in [0.1, 0.15) is 5.52 Å². The number of oxazole rings is 1. The Labute approximate surface area is 801 Å². The van der Waals surface area contributed by atoms with E-state index in [2.05, 4.69) is 425 Å². The standard InChI is InChI=1S/C46H28N2O.C46H28N2.C40H24N2/c1-3-15-33-29(11-1)13-9-19-35(33)39-27-41-40(36-20-10-14-30-12-2-4-16-34(30)36)28-43(47-45(41)38-18-6-5-17-37(38)39)31-23-25-32(26-24-31)46-48-42-21-7-8-22-44(42)49-46;47-29-30-19-21-31(22-20-30)32-23-25-35(26-24-32)45-28-43(39-18-8-12-34-10-2-4-14-37(34)39)44-27-42(40-15-5-6-16-41(40)46(44)48-45)38-17-7-11-33-9-1-3-13-36(33)38;41-25-26-10-7-15-29(22-26)39-24-37(33-21-9-14-28-12-2-4-17-31(28)33)38-23-36(34-18-5-6-19-35(34)40(38)42-39)32-20-8-13-27-11-1-3-16-30(27)32/h1-28H;1-28H;1-24H. The highest BCUT2D eigenvalue weighted by Crippen LogP contribution is 2.49. The first kappa shape index (κ1) is 82.0. The monoisotopic (exact) mass is 1760 g/mol. The number of nitriles is 2. The molecule has 0 fully saturated rings. The minimum Gasteiger partial charge on any atom is -0.436 e. The molecule has 23 aromatic carbocycles. The normalized spacial score (nSPS) is 11.4. The largest absolute Gasteiger partial charge is 0.436 e. The summed E-state index contributed by atoms with van der Waals surface area (Å²) in [6, 6.07) is 176. The molecular weight excluding hydrogens is 1690 g/mol. The molecule has 27 aromatic rings. The number of pyridine rings is 3. The average Bonchev–Trinajstić information content (AvgIpc) is 1.46. The van der Waals surface area contributed by atoms with Gasteiger partial charge >= 0.3 is 0 Å². The van der Waals surface area contributed by atoms with Crippen LogP contribution in [-0.4, -0.2) is 19.9 Å². The van der Waals surface area contributed by atoms with Gasteiger partial charge in [0.2, 0.25) is 5.89 Å². The molecule has 0 unspecified atom stereocenters. The second kappa shape index (κ2) is 34.9. The molecule has 0 atom stereocenters. The average molecular weight is 1770 g/mol. The zero-order valence-corrected chi connectivity index (χ0v) is 75.3. The maximum Gasteiger partial charge on any atom is 0.227 e. The Kier molecular flexibility index (Phi) is 20.6. The highest BCUT2D eigenvalue weighted by molar-refractivity contribution is 6.24. The molecule has 27 rings (SSSR count). The van der Waals surface area contributed by atoms with Crippen LogP contribution in [0.5, 0.6) is 0 Å². The van der Waals surface area contributed by atoms with E-state index < -0.39 is 0 Å². The van der Waals surface area contributed by atoms with Gasteiger partial charge in [0.15, 0.2) is 5.58 Å². The first-order valence-electron chi connectivity index (χ1n) is 46.9. The molecule has 0 saturated carbocycles. The lowest BCUT2D eigenvalue weighted by atomic mass is 9.88. The fourth-order valence-electron chi connectivity index (χ4n) is 20.8. The Bertz CT molecular complexity index is 9680. The predicted octanol–water partition coefficient (Wildman–Crippen LogP) is 35.3. The van der Waals surface area contributed by atoms with Crippen LogP contribution in [0.15, 0.2) is 490 Å². The fourth-order valence-corrected chi connectivity index (χ4v) is 20.8. The molecule has 139 heavy (non-hydrogen) atoms. The van der Waals surface area contributed by atoms with Crippen LogP contribution < -0.4 is 0 Å². The van der Waals surface area contributed by atoms with E-state index in [1.807, 2.05) is 72.8 Å². The van der Waals surface area contributed by atoms with E-state index in [9.17, 15) is 10.5 Å². The van der Waals surface area contributed by atoms with Crippen molar-refractivity contribution in [1.29, 1.82) is 10.5 Å². The summed E-state index contributed by atoms with van der Waals surface area (Å²) in [5.74, 6) is 0.614. The first-order chi connectivity index (χ1) is 68.8. The van der Waals surface area contributed by atoms with E-state index in [-0.39, 0.29) is 0 Å². The third-order valence-corrected chi connectivity index (χ3v) is 27.5. The number of hydrogen-bond donors (Lipinski definition) is 0. The van der Waals surface area contributed by atoms with Crippen LogP contribution in [0.4, 0.5) is 0 Å². The second-order valence-electron chi connectivity index (χ2n) is 35.4. The molecule has 0 aliphatic heterocycles. The Morgan fingerprint density at radius 1 is 0.165 bits per heavy atom. The predicted molar refractivity (Wildman–Crippen MR) is 580 cm³/mol. The van der Waals surface area contributed by atoms with E-state index in [1.54, 1.807) is 0 Å². The molecule has 0 amide bonds. The summed E-state index contributed by atoms with van der Waals surface area (Å²) in [6.45, 7) is 0. The van der Waals surface area contributed by atoms with Gasteiger partial charge < -0.3 is 4.42 Å². The summed E-state index contributed by atoms with van der Waals surface area (Å²) in [7, 11) is 0. The van der Waals surface area contributed by atoms with E-state index in [0.29, 0.717) is 17.0 Å². The van der Waals surface area contributed by atoms with Gasteiger partial charge in [-0.2, -0.15) is 10.5 Å².